The van der Waals surface area contributed by atoms with Crippen LogP contribution in [-0.2, 0) is 25.3 Å². The Hall–Kier alpha value is -2.62. The molecule has 0 spiro atoms. The van der Waals surface area contributed by atoms with Gasteiger partial charge in [0.1, 0.15) is 5.60 Å². The zero-order valence-corrected chi connectivity index (χ0v) is 19.8. The van der Waals surface area contributed by atoms with E-state index in [9.17, 15) is 27.6 Å². The smallest absolute Gasteiger partial charge is 0.416 e. The molecule has 188 valence electrons. The normalized spacial score (nSPS) is 24.7. The number of esters is 1. The minimum Gasteiger partial charge on any atom is -0.459 e. The first-order chi connectivity index (χ1) is 15.7. The van der Waals surface area contributed by atoms with Gasteiger partial charge in [-0.3, -0.25) is 9.59 Å². The fourth-order valence-corrected chi connectivity index (χ4v) is 5.06. The van der Waals surface area contributed by atoms with Gasteiger partial charge in [-0.05, 0) is 90.0 Å². The molecular formula is C24H31F3N2O5. The van der Waals surface area contributed by atoms with Crippen LogP contribution in [0.3, 0.4) is 0 Å². The van der Waals surface area contributed by atoms with E-state index in [-0.39, 0.29) is 23.6 Å². The van der Waals surface area contributed by atoms with Gasteiger partial charge in [-0.15, -0.1) is 0 Å². The lowest BCUT2D eigenvalue weighted by molar-refractivity contribution is -0.186. The number of ether oxygens (including phenoxy) is 1. The van der Waals surface area contributed by atoms with E-state index in [1.165, 1.54) is 19.1 Å². The predicted octanol–water partition coefficient (Wildman–Crippen LogP) is 4.24. The van der Waals surface area contributed by atoms with E-state index in [4.69, 9.17) is 10.6 Å². The lowest BCUT2D eigenvalue weighted by atomic mass is 9.66. The van der Waals surface area contributed by atoms with E-state index < -0.39 is 40.6 Å². The molecule has 2 saturated heterocycles. The van der Waals surface area contributed by atoms with Crippen LogP contribution >= 0.6 is 0 Å². The summed E-state index contributed by atoms with van der Waals surface area (Å²) in [6.07, 6.45) is -1.63. The van der Waals surface area contributed by atoms with Gasteiger partial charge in [0.25, 0.3) is 5.91 Å². The molecule has 1 amide bonds. The number of rotatable bonds is 4. The van der Waals surface area contributed by atoms with Crippen LogP contribution in [0.5, 0.6) is 0 Å². The molecule has 3 atom stereocenters. The van der Waals surface area contributed by atoms with Crippen molar-refractivity contribution in [2.75, 3.05) is 0 Å². The van der Waals surface area contributed by atoms with Crippen LogP contribution < -0.4 is 5.90 Å². The molecule has 3 unspecified atom stereocenters. The molecule has 7 nitrogen and oxygen atoms in total. The summed E-state index contributed by atoms with van der Waals surface area (Å²) in [6.45, 7) is 6.54. The predicted molar refractivity (Wildman–Crippen MR) is 116 cm³/mol. The fraction of sp³-hybridized carbons (Fsp3) is 0.625. The van der Waals surface area contributed by atoms with Gasteiger partial charge in [0.15, 0.2) is 5.41 Å². The van der Waals surface area contributed by atoms with Gasteiger partial charge in [-0.1, -0.05) is 0 Å². The number of hydrogen-bond acceptors (Lipinski definition) is 6. The first-order valence-electron chi connectivity index (χ1n) is 11.3. The van der Waals surface area contributed by atoms with Crippen molar-refractivity contribution in [1.82, 2.24) is 4.90 Å². The van der Waals surface area contributed by atoms with Crippen molar-refractivity contribution >= 4 is 17.8 Å². The van der Waals surface area contributed by atoms with E-state index in [1.54, 1.807) is 25.7 Å². The Kier molecular flexibility index (Phi) is 7.04. The van der Waals surface area contributed by atoms with E-state index in [0.717, 1.165) is 18.6 Å². The highest BCUT2D eigenvalue weighted by Crippen LogP contribution is 2.46. The number of halogens is 3. The van der Waals surface area contributed by atoms with Crippen LogP contribution in [0.2, 0.25) is 0 Å². The van der Waals surface area contributed by atoms with Crippen LogP contribution in [0.25, 0.3) is 0 Å². The number of hydrogen-bond donors (Lipinski definition) is 1. The van der Waals surface area contributed by atoms with Gasteiger partial charge in [0, 0.05) is 17.6 Å². The van der Waals surface area contributed by atoms with Crippen LogP contribution in [0.15, 0.2) is 24.3 Å². The summed E-state index contributed by atoms with van der Waals surface area (Å²) < 4.78 is 44.2. The van der Waals surface area contributed by atoms with Crippen molar-refractivity contribution in [3.63, 3.8) is 0 Å². The molecule has 10 heteroatoms. The monoisotopic (exact) mass is 484 g/mol. The van der Waals surface area contributed by atoms with Crippen molar-refractivity contribution < 1.29 is 37.1 Å². The standard InChI is InChI=1S/C24H31F3N2O5/c1-22(2,3)33-20(31)23(4,21(32)34-28)16-12-17-6-5-7-18(13-16)29(17)19(30)14-8-10-15(11-9-14)24(25,26)27/h8-11,16-18H,5-7,12-13,28H2,1-4H3. The van der Waals surface area contributed by atoms with E-state index in [1.807, 2.05) is 0 Å². The van der Waals surface area contributed by atoms with Gasteiger partial charge in [-0.2, -0.15) is 19.1 Å². The zero-order chi connectivity index (χ0) is 25.5. The highest BCUT2D eigenvalue weighted by Gasteiger charge is 2.56. The third-order valence-electron chi connectivity index (χ3n) is 6.84. The molecule has 0 aliphatic carbocycles. The molecule has 0 saturated carbocycles. The molecule has 2 bridgehead atoms. The third kappa shape index (κ3) is 5.06. The molecule has 2 heterocycles. The number of piperidine rings is 2. The molecule has 34 heavy (non-hydrogen) atoms. The highest BCUT2D eigenvalue weighted by atomic mass is 19.4. The minimum atomic E-state index is -4.49. The summed E-state index contributed by atoms with van der Waals surface area (Å²) in [4.78, 5) is 45.3. The summed E-state index contributed by atoms with van der Waals surface area (Å²) in [5.74, 6) is 2.70. The van der Waals surface area contributed by atoms with E-state index in [0.29, 0.717) is 25.7 Å². The molecular weight excluding hydrogens is 453 g/mol. The molecule has 1 aromatic rings. The lowest BCUT2D eigenvalue weighted by Crippen LogP contribution is -2.59. The fourth-order valence-electron chi connectivity index (χ4n) is 5.06. The average Bonchev–Trinajstić information content (AvgIpc) is 2.74. The van der Waals surface area contributed by atoms with Crippen molar-refractivity contribution in [3.05, 3.63) is 35.4 Å². The second kappa shape index (κ2) is 9.20. The maximum atomic E-state index is 13.3. The van der Waals surface area contributed by atoms with Gasteiger partial charge in [0.05, 0.1) is 5.56 Å². The topological polar surface area (TPSA) is 98.9 Å². The van der Waals surface area contributed by atoms with Crippen LogP contribution in [0, 0.1) is 11.3 Å². The number of benzene rings is 1. The number of nitrogens with two attached hydrogens (primary N) is 1. The number of carbonyl (C=O) groups is 3. The van der Waals surface area contributed by atoms with E-state index in [2.05, 4.69) is 4.84 Å². The van der Waals surface area contributed by atoms with Crippen LogP contribution in [-0.4, -0.2) is 40.4 Å². The lowest BCUT2D eigenvalue weighted by Gasteiger charge is -2.51. The number of fused-ring (bicyclic) bond motifs is 2. The first kappa shape index (κ1) is 26.0. The van der Waals surface area contributed by atoms with Crippen molar-refractivity contribution in [1.29, 1.82) is 0 Å². The number of amides is 1. The third-order valence-corrected chi connectivity index (χ3v) is 6.84. The molecule has 0 radical (unpaired) electrons. The van der Waals surface area contributed by atoms with E-state index >= 15 is 0 Å². The summed E-state index contributed by atoms with van der Waals surface area (Å²) >= 11 is 0. The van der Waals surface area contributed by atoms with Gasteiger partial charge >= 0.3 is 18.1 Å². The summed E-state index contributed by atoms with van der Waals surface area (Å²) in [6, 6.07) is 3.60. The Morgan fingerprint density at radius 1 is 0.941 bits per heavy atom. The molecule has 1 aromatic carbocycles. The Labute approximate surface area is 196 Å². The van der Waals surface area contributed by atoms with Gasteiger partial charge < -0.3 is 14.5 Å². The van der Waals surface area contributed by atoms with Gasteiger partial charge in [0.2, 0.25) is 0 Å². The first-order valence-corrected chi connectivity index (χ1v) is 11.3. The highest BCUT2D eigenvalue weighted by molar-refractivity contribution is 6.00. The summed E-state index contributed by atoms with van der Waals surface area (Å²) in [5, 5.41) is 0. The molecule has 2 N–H and O–H groups in total. The SMILES string of the molecule is CC(C)(C)OC(=O)C(C)(C(=O)ON)C1CC2CCCC(C1)N2C(=O)c1ccc(C(F)(F)F)cc1. The number of alkyl halides is 3. The average molecular weight is 485 g/mol. The quantitative estimate of drug-likeness (QED) is 0.390. The Morgan fingerprint density at radius 2 is 1.47 bits per heavy atom. The van der Waals surface area contributed by atoms with Crippen molar-refractivity contribution in [2.24, 2.45) is 17.2 Å². The Bertz CT molecular complexity index is 927. The Morgan fingerprint density at radius 3 is 1.91 bits per heavy atom. The summed E-state index contributed by atoms with van der Waals surface area (Å²) in [5.41, 5.74) is -3.14. The molecule has 2 fully saturated rings. The van der Waals surface area contributed by atoms with Crippen LogP contribution in [0.4, 0.5) is 13.2 Å². The number of carbonyl (C=O) groups excluding carboxylic acids is 3. The minimum absolute atomic E-state index is 0.166. The second-order valence-corrected chi connectivity index (χ2v) is 10.3. The molecule has 0 aromatic heterocycles. The van der Waals surface area contributed by atoms with Crippen molar-refractivity contribution in [2.45, 2.75) is 83.7 Å². The van der Waals surface area contributed by atoms with Crippen LogP contribution in [0.1, 0.15) is 75.7 Å². The molecule has 2 aliphatic rings. The number of nitrogens with zero attached hydrogens (tertiary/aromatic N) is 1. The maximum absolute atomic E-state index is 13.3. The largest absolute Gasteiger partial charge is 0.459 e. The maximum Gasteiger partial charge on any atom is 0.416 e. The molecule has 2 aliphatic heterocycles. The second-order valence-electron chi connectivity index (χ2n) is 10.3. The zero-order valence-electron chi connectivity index (χ0n) is 19.8. The summed E-state index contributed by atoms with van der Waals surface area (Å²) in [7, 11) is 0. The van der Waals surface area contributed by atoms with Crippen molar-refractivity contribution in [3.8, 4) is 0 Å². The molecule has 3 rings (SSSR count). The Balaban J connectivity index is 1.87. The van der Waals surface area contributed by atoms with Gasteiger partial charge in [-0.25, -0.2) is 4.79 Å².